The molecule has 0 fully saturated rings. The monoisotopic (exact) mass is 510 g/mol. The molecule has 1 unspecified atom stereocenters. The third kappa shape index (κ3) is 5.02. The Kier molecular flexibility index (Phi) is 9.61. The molecule has 0 amide bonds. The number of carbonyl (C=O) groups is 1. The fourth-order valence-corrected chi connectivity index (χ4v) is 8.91. The fourth-order valence-electron chi connectivity index (χ4n) is 3.30. The molecule has 0 N–H and O–H groups in total. The number of rotatable bonds is 13. The summed E-state index contributed by atoms with van der Waals surface area (Å²) in [6, 6.07) is 3.41. The van der Waals surface area contributed by atoms with Crippen molar-refractivity contribution in [2.24, 2.45) is 10.2 Å². The van der Waals surface area contributed by atoms with Crippen LogP contribution in [0.5, 0.6) is 5.75 Å². The number of azo groups is 1. The van der Waals surface area contributed by atoms with Gasteiger partial charge in [-0.25, -0.2) is 0 Å². The second-order valence-electron chi connectivity index (χ2n) is 6.59. The summed E-state index contributed by atoms with van der Waals surface area (Å²) in [4.78, 5) is 13.2. The molecule has 1 aliphatic rings. The summed E-state index contributed by atoms with van der Waals surface area (Å²) in [5, 5.41) is 6.14. The van der Waals surface area contributed by atoms with Crippen LogP contribution in [0.15, 0.2) is 28.4 Å². The predicted molar refractivity (Wildman–Crippen MR) is 120 cm³/mol. The van der Waals surface area contributed by atoms with Crippen molar-refractivity contribution in [3.63, 3.8) is 0 Å². The molecule has 180 valence electrons. The number of hydrogen-bond donors (Lipinski definition) is 0. The highest BCUT2D eigenvalue weighted by Gasteiger charge is 2.69. The van der Waals surface area contributed by atoms with E-state index in [1.165, 1.54) is 19.2 Å². The lowest BCUT2D eigenvalue weighted by molar-refractivity contribution is 0.0960. The second-order valence-corrected chi connectivity index (χ2v) is 11.8. The topological polar surface area (TPSA) is 122 Å². The van der Waals surface area contributed by atoms with E-state index in [0.717, 1.165) is 0 Å². The number of methoxy groups -OCH3 is 1. The Hall–Kier alpha value is -1.12. The van der Waals surface area contributed by atoms with E-state index >= 15 is 0 Å². The average molecular weight is 511 g/mol. The molecule has 0 radical (unpaired) electrons. The van der Waals surface area contributed by atoms with Crippen LogP contribution >= 0.6 is 26.8 Å². The third-order valence-electron chi connectivity index (χ3n) is 4.64. The molecule has 1 atom stereocenters. The van der Waals surface area contributed by atoms with Crippen LogP contribution in [0, 0.1) is 0 Å². The highest BCUT2D eigenvalue weighted by Crippen LogP contribution is 2.81. The lowest BCUT2D eigenvalue weighted by Gasteiger charge is -2.36. The van der Waals surface area contributed by atoms with Crippen molar-refractivity contribution in [1.29, 1.82) is 0 Å². The van der Waals surface area contributed by atoms with Crippen LogP contribution in [0.25, 0.3) is 0 Å². The van der Waals surface area contributed by atoms with Gasteiger partial charge in [-0.1, -0.05) is 11.6 Å². The molecular formula is C19H29ClN2O8P2. The minimum Gasteiger partial charge on any atom is -0.497 e. The van der Waals surface area contributed by atoms with Gasteiger partial charge in [-0.15, -0.1) is 0 Å². The van der Waals surface area contributed by atoms with Gasteiger partial charge in [-0.3, -0.25) is 13.9 Å². The number of hydrogen-bond acceptors (Lipinski definition) is 10. The van der Waals surface area contributed by atoms with Crippen LogP contribution in [-0.2, 0) is 27.2 Å². The molecule has 0 saturated carbocycles. The van der Waals surface area contributed by atoms with Gasteiger partial charge < -0.3 is 22.8 Å². The highest BCUT2D eigenvalue weighted by molar-refractivity contribution is 7.74. The normalized spacial score (nSPS) is 18.1. The number of nitrogens with zero attached hydrogens (tertiary/aromatic N) is 2. The van der Waals surface area contributed by atoms with Crippen molar-refractivity contribution in [3.8, 4) is 5.75 Å². The maximum Gasteiger partial charge on any atom is 0.372 e. The van der Waals surface area contributed by atoms with Gasteiger partial charge in [0.05, 0.1) is 38.6 Å². The molecule has 0 spiro atoms. The van der Waals surface area contributed by atoms with Gasteiger partial charge in [0.15, 0.2) is 5.78 Å². The Morgan fingerprint density at radius 3 is 1.94 bits per heavy atom. The maximum atomic E-state index is 13.9. The van der Waals surface area contributed by atoms with Crippen LogP contribution < -0.4 is 4.74 Å². The highest BCUT2D eigenvalue weighted by atomic mass is 35.5. The van der Waals surface area contributed by atoms with Crippen molar-refractivity contribution >= 4 is 32.6 Å². The van der Waals surface area contributed by atoms with Gasteiger partial charge >= 0.3 is 15.2 Å². The van der Waals surface area contributed by atoms with E-state index < -0.39 is 32.0 Å². The van der Waals surface area contributed by atoms with Crippen molar-refractivity contribution in [3.05, 3.63) is 28.8 Å². The molecule has 0 saturated heterocycles. The minimum absolute atomic E-state index is 0.0181. The summed E-state index contributed by atoms with van der Waals surface area (Å²) in [6.07, 6.45) is -0.358. The Balaban J connectivity index is 2.56. The Morgan fingerprint density at radius 2 is 1.53 bits per heavy atom. The van der Waals surface area contributed by atoms with Gasteiger partial charge in [0.1, 0.15) is 11.8 Å². The summed E-state index contributed by atoms with van der Waals surface area (Å²) in [5.41, 5.74) is 0.164. The van der Waals surface area contributed by atoms with Crippen molar-refractivity contribution < 1.29 is 36.8 Å². The average Bonchev–Trinajstić information content (AvgIpc) is 3.22. The number of halogens is 1. The Bertz CT molecular complexity index is 892. The number of carbonyl (C=O) groups excluding carboxylic acids is 1. The van der Waals surface area contributed by atoms with Crippen LogP contribution in [-0.4, -0.2) is 50.4 Å². The zero-order chi connectivity index (χ0) is 24.0. The maximum absolute atomic E-state index is 13.9. The van der Waals surface area contributed by atoms with Gasteiger partial charge in [0, 0.05) is 12.0 Å². The Morgan fingerprint density at radius 1 is 1.03 bits per heavy atom. The first-order chi connectivity index (χ1) is 15.2. The first-order valence-corrected chi connectivity index (χ1v) is 13.7. The van der Waals surface area contributed by atoms with E-state index in [1.54, 1.807) is 33.8 Å². The zero-order valence-corrected chi connectivity index (χ0v) is 21.3. The van der Waals surface area contributed by atoms with Crippen LogP contribution in [0.1, 0.15) is 44.5 Å². The van der Waals surface area contributed by atoms with Gasteiger partial charge in [0.25, 0.3) is 5.02 Å². The van der Waals surface area contributed by atoms with Gasteiger partial charge in [0.2, 0.25) is 0 Å². The molecule has 1 aliphatic heterocycles. The summed E-state index contributed by atoms with van der Waals surface area (Å²) in [6.45, 7) is 6.36. The molecule has 0 aliphatic carbocycles. The molecule has 1 heterocycles. The standard InChI is InChI=1S/C19H29ClN2O8P2/c1-6-27-31(24,28-7-2)19(32(25,29-8-3)30-9-4)13-17(21-22-19)18(23)15-11-10-14(26-5)12-16(15)20/h10-12,17H,6-9,13H2,1-5H3. The van der Waals surface area contributed by atoms with Crippen molar-refractivity contribution in [2.75, 3.05) is 33.5 Å². The molecule has 32 heavy (non-hydrogen) atoms. The second kappa shape index (κ2) is 11.3. The summed E-state index contributed by atoms with van der Waals surface area (Å²) in [7, 11) is -7.02. The number of ketones is 1. The lowest BCUT2D eigenvalue weighted by atomic mass is 10.0. The predicted octanol–water partition coefficient (Wildman–Crippen LogP) is 5.94. The van der Waals surface area contributed by atoms with E-state index in [2.05, 4.69) is 10.2 Å². The molecule has 1 aromatic carbocycles. The van der Waals surface area contributed by atoms with E-state index in [9.17, 15) is 13.9 Å². The summed E-state index contributed by atoms with van der Waals surface area (Å²) >= 11 is 6.25. The first kappa shape index (κ1) is 27.1. The number of benzene rings is 1. The first-order valence-electron chi connectivity index (χ1n) is 10.3. The third-order valence-corrected chi connectivity index (χ3v) is 11.1. The van der Waals surface area contributed by atoms with E-state index in [0.29, 0.717) is 5.75 Å². The molecule has 2 rings (SSSR count). The fraction of sp³-hybridized carbons (Fsp3) is 0.632. The molecular weight excluding hydrogens is 482 g/mol. The van der Waals surface area contributed by atoms with Crippen LogP contribution in [0.4, 0.5) is 0 Å². The van der Waals surface area contributed by atoms with E-state index in [4.69, 9.17) is 34.4 Å². The van der Waals surface area contributed by atoms with Gasteiger partial charge in [-0.2, -0.15) is 10.2 Å². The summed E-state index contributed by atoms with van der Waals surface area (Å²) < 4.78 is 54.8. The van der Waals surface area contributed by atoms with Gasteiger partial charge in [-0.05, 0) is 45.9 Å². The van der Waals surface area contributed by atoms with Crippen molar-refractivity contribution in [1.82, 2.24) is 0 Å². The molecule has 10 nitrogen and oxygen atoms in total. The lowest BCUT2D eigenvalue weighted by Crippen LogP contribution is -2.33. The van der Waals surface area contributed by atoms with E-state index in [1.807, 2.05) is 0 Å². The zero-order valence-electron chi connectivity index (χ0n) is 18.8. The minimum atomic E-state index is -4.25. The molecule has 1 aromatic rings. The van der Waals surface area contributed by atoms with Crippen LogP contribution in [0.3, 0.4) is 0 Å². The summed E-state index contributed by atoms with van der Waals surface area (Å²) in [5.74, 6) is -0.0225. The van der Waals surface area contributed by atoms with Crippen molar-refractivity contribution in [2.45, 2.75) is 45.2 Å². The molecule has 0 bridgehead atoms. The largest absolute Gasteiger partial charge is 0.497 e. The smallest absolute Gasteiger partial charge is 0.372 e. The van der Waals surface area contributed by atoms with E-state index in [-0.39, 0.29) is 43.4 Å². The quantitative estimate of drug-likeness (QED) is 0.236. The number of Topliss-reactive ketones (excluding diaryl/α,β-unsaturated/α-hetero) is 1. The SMILES string of the molecule is CCOP(=O)(OCC)C1(P(=O)(OCC)OCC)CC(C(=O)c2ccc(OC)cc2Cl)N=N1. The van der Waals surface area contributed by atoms with Crippen LogP contribution in [0.2, 0.25) is 5.02 Å². The number of ether oxygens (including phenoxy) is 1. The Labute approximate surface area is 193 Å². The molecule has 13 heteroatoms. The molecule has 0 aromatic heterocycles.